The number of likely N-dealkylation sites (N-methyl/N-ethyl adjacent to an activating group) is 1. The van der Waals surface area contributed by atoms with Crippen LogP contribution in [0.25, 0.3) is 11.0 Å². The number of hydrogen-bond acceptors (Lipinski definition) is 4. The maximum Gasteiger partial charge on any atom is 0.251 e. The third kappa shape index (κ3) is 4.56. The van der Waals surface area contributed by atoms with Gasteiger partial charge in [-0.15, -0.1) is 0 Å². The molecule has 4 rings (SSSR count). The van der Waals surface area contributed by atoms with Gasteiger partial charge < -0.3 is 10.3 Å². The molecule has 0 aliphatic heterocycles. The molecule has 1 amide bonds. The number of para-hydroxylation sites is 2. The zero-order chi connectivity index (χ0) is 19.3. The van der Waals surface area contributed by atoms with Crippen LogP contribution in [0.2, 0.25) is 0 Å². The van der Waals surface area contributed by atoms with Crippen LogP contribution in [0.15, 0.2) is 53.7 Å². The van der Waals surface area contributed by atoms with Crippen molar-refractivity contribution in [2.24, 2.45) is 0 Å². The molecular formula is C22H26N4OS. The number of rotatable bonds is 9. The lowest BCUT2D eigenvalue weighted by Crippen LogP contribution is -2.36. The molecule has 2 N–H and O–H groups in total. The van der Waals surface area contributed by atoms with E-state index in [1.807, 2.05) is 48.5 Å². The normalized spacial score (nSPS) is 13.9. The minimum Gasteiger partial charge on any atom is -0.351 e. The maximum absolute atomic E-state index is 12.7. The zero-order valence-electron chi connectivity index (χ0n) is 16.1. The maximum atomic E-state index is 12.7. The fraction of sp³-hybridized carbons (Fsp3) is 0.364. The molecule has 6 heteroatoms. The zero-order valence-corrected chi connectivity index (χ0v) is 17.0. The van der Waals surface area contributed by atoms with Crippen LogP contribution < -0.4 is 5.32 Å². The molecule has 0 radical (unpaired) electrons. The number of nitrogens with zero attached hydrogens (tertiary/aromatic N) is 2. The summed E-state index contributed by atoms with van der Waals surface area (Å²) in [6.45, 7) is 4.84. The van der Waals surface area contributed by atoms with Gasteiger partial charge in [-0.2, -0.15) is 0 Å². The fourth-order valence-corrected chi connectivity index (χ4v) is 4.35. The summed E-state index contributed by atoms with van der Waals surface area (Å²) in [5, 5.41) is 3.97. The summed E-state index contributed by atoms with van der Waals surface area (Å²) in [7, 11) is 0. The van der Waals surface area contributed by atoms with Crippen LogP contribution in [0, 0.1) is 0 Å². The highest BCUT2D eigenvalue weighted by atomic mass is 32.2. The van der Waals surface area contributed by atoms with E-state index in [0.29, 0.717) is 12.3 Å². The van der Waals surface area contributed by atoms with E-state index in [2.05, 4.69) is 27.1 Å². The summed E-state index contributed by atoms with van der Waals surface area (Å²) < 4.78 is 0. The highest BCUT2D eigenvalue weighted by Crippen LogP contribution is 2.26. The monoisotopic (exact) mass is 394 g/mol. The number of hydrogen-bond donors (Lipinski definition) is 2. The standard InChI is InChI=1S/C22H26N4OS/c1-2-26(17-11-12-17)14-13-23-21(27)18-8-4-3-7-16(18)15-28-22-24-19-9-5-6-10-20(19)25-22/h3-10,17H,2,11-15H2,1H3,(H,23,27)(H,24,25). The molecule has 1 heterocycles. The summed E-state index contributed by atoms with van der Waals surface area (Å²) in [5.41, 5.74) is 3.78. The molecule has 2 aromatic carbocycles. The minimum absolute atomic E-state index is 0.00709. The summed E-state index contributed by atoms with van der Waals surface area (Å²) in [6, 6.07) is 16.6. The van der Waals surface area contributed by atoms with Gasteiger partial charge in [0.2, 0.25) is 0 Å². The Kier molecular flexibility index (Phi) is 5.98. The van der Waals surface area contributed by atoms with E-state index < -0.39 is 0 Å². The largest absolute Gasteiger partial charge is 0.351 e. The topological polar surface area (TPSA) is 61.0 Å². The Morgan fingerprint density at radius 3 is 2.79 bits per heavy atom. The van der Waals surface area contributed by atoms with Gasteiger partial charge in [0.25, 0.3) is 5.91 Å². The predicted molar refractivity (Wildman–Crippen MR) is 115 cm³/mol. The number of fused-ring (bicyclic) bond motifs is 1. The quantitative estimate of drug-likeness (QED) is 0.537. The van der Waals surface area contributed by atoms with Crippen molar-refractivity contribution in [3.8, 4) is 0 Å². The van der Waals surface area contributed by atoms with Crippen LogP contribution in [0.4, 0.5) is 0 Å². The Morgan fingerprint density at radius 2 is 2.00 bits per heavy atom. The second-order valence-electron chi connectivity index (χ2n) is 7.12. The van der Waals surface area contributed by atoms with Gasteiger partial charge in [-0.25, -0.2) is 4.98 Å². The van der Waals surface area contributed by atoms with Crippen molar-refractivity contribution >= 4 is 28.7 Å². The number of benzene rings is 2. The number of amides is 1. The Labute approximate surface area is 169 Å². The molecule has 28 heavy (non-hydrogen) atoms. The number of carbonyl (C=O) groups is 1. The third-order valence-corrected chi connectivity index (χ3v) is 6.07. The van der Waals surface area contributed by atoms with Gasteiger partial charge in [-0.1, -0.05) is 49.0 Å². The van der Waals surface area contributed by atoms with Gasteiger partial charge in [-0.05, 0) is 43.1 Å². The molecule has 3 aromatic rings. The van der Waals surface area contributed by atoms with E-state index in [0.717, 1.165) is 46.4 Å². The number of H-pyrrole nitrogens is 1. The molecule has 0 unspecified atom stereocenters. The average molecular weight is 395 g/mol. The Morgan fingerprint density at radius 1 is 1.21 bits per heavy atom. The lowest BCUT2D eigenvalue weighted by Gasteiger charge is -2.20. The van der Waals surface area contributed by atoms with Crippen LogP contribution in [0.1, 0.15) is 35.7 Å². The van der Waals surface area contributed by atoms with Gasteiger partial charge in [0.05, 0.1) is 11.0 Å². The van der Waals surface area contributed by atoms with Gasteiger partial charge >= 0.3 is 0 Å². The Hall–Kier alpha value is -2.31. The number of carbonyl (C=O) groups excluding carboxylic acids is 1. The van der Waals surface area contributed by atoms with Gasteiger partial charge in [0.15, 0.2) is 5.16 Å². The van der Waals surface area contributed by atoms with Crippen molar-refractivity contribution in [2.75, 3.05) is 19.6 Å². The number of aromatic nitrogens is 2. The average Bonchev–Trinajstić information content (AvgIpc) is 3.48. The number of aromatic amines is 1. The van der Waals surface area contributed by atoms with Crippen molar-refractivity contribution in [1.82, 2.24) is 20.2 Å². The van der Waals surface area contributed by atoms with Crippen LogP contribution >= 0.6 is 11.8 Å². The fourth-order valence-electron chi connectivity index (χ4n) is 3.46. The molecule has 1 aliphatic carbocycles. The molecule has 1 fully saturated rings. The summed E-state index contributed by atoms with van der Waals surface area (Å²) in [6.07, 6.45) is 2.59. The van der Waals surface area contributed by atoms with Crippen molar-refractivity contribution < 1.29 is 4.79 Å². The molecule has 1 aliphatic rings. The van der Waals surface area contributed by atoms with Gasteiger partial charge in [0.1, 0.15) is 0 Å². The van der Waals surface area contributed by atoms with Crippen LogP contribution in [-0.2, 0) is 5.75 Å². The van der Waals surface area contributed by atoms with E-state index in [1.165, 1.54) is 12.8 Å². The second kappa shape index (κ2) is 8.80. The first-order valence-corrected chi connectivity index (χ1v) is 10.9. The summed E-state index contributed by atoms with van der Waals surface area (Å²) in [4.78, 5) is 23.1. The van der Waals surface area contributed by atoms with E-state index in [9.17, 15) is 4.79 Å². The molecule has 0 bridgehead atoms. The smallest absolute Gasteiger partial charge is 0.251 e. The van der Waals surface area contributed by atoms with E-state index >= 15 is 0 Å². The molecule has 0 saturated heterocycles. The van der Waals surface area contributed by atoms with Crippen LogP contribution in [-0.4, -0.2) is 46.5 Å². The first-order chi connectivity index (χ1) is 13.7. The van der Waals surface area contributed by atoms with Gasteiger partial charge in [-0.3, -0.25) is 9.69 Å². The molecule has 1 saturated carbocycles. The van der Waals surface area contributed by atoms with Crippen molar-refractivity contribution in [3.05, 3.63) is 59.7 Å². The molecule has 146 valence electrons. The molecule has 1 aromatic heterocycles. The minimum atomic E-state index is 0.00709. The SMILES string of the molecule is CCN(CCNC(=O)c1ccccc1CSc1nc2ccccc2[nH]1)C1CC1. The van der Waals surface area contributed by atoms with Crippen LogP contribution in [0.5, 0.6) is 0 Å². The Bertz CT molecular complexity index is 917. The lowest BCUT2D eigenvalue weighted by atomic mass is 10.1. The number of imidazole rings is 1. The van der Waals surface area contributed by atoms with Crippen molar-refractivity contribution in [1.29, 1.82) is 0 Å². The first-order valence-electron chi connectivity index (χ1n) is 9.92. The summed E-state index contributed by atoms with van der Waals surface area (Å²) in [5.74, 6) is 0.708. The summed E-state index contributed by atoms with van der Waals surface area (Å²) >= 11 is 1.62. The molecular weight excluding hydrogens is 368 g/mol. The number of thioether (sulfide) groups is 1. The van der Waals surface area contributed by atoms with Crippen molar-refractivity contribution in [2.45, 2.75) is 36.7 Å². The molecule has 0 spiro atoms. The molecule has 5 nitrogen and oxygen atoms in total. The predicted octanol–water partition coefficient (Wildman–Crippen LogP) is 4.07. The van der Waals surface area contributed by atoms with E-state index in [-0.39, 0.29) is 5.91 Å². The van der Waals surface area contributed by atoms with E-state index in [1.54, 1.807) is 11.8 Å². The highest BCUT2D eigenvalue weighted by Gasteiger charge is 2.27. The Balaban J connectivity index is 1.36. The second-order valence-corrected chi connectivity index (χ2v) is 8.08. The third-order valence-electron chi connectivity index (χ3n) is 5.15. The van der Waals surface area contributed by atoms with Crippen LogP contribution in [0.3, 0.4) is 0 Å². The highest BCUT2D eigenvalue weighted by molar-refractivity contribution is 7.98. The number of nitrogens with one attached hydrogen (secondary N) is 2. The van der Waals surface area contributed by atoms with Crippen molar-refractivity contribution in [3.63, 3.8) is 0 Å². The lowest BCUT2D eigenvalue weighted by molar-refractivity contribution is 0.0947. The molecule has 0 atom stereocenters. The van der Waals surface area contributed by atoms with E-state index in [4.69, 9.17) is 0 Å². The van der Waals surface area contributed by atoms with Gasteiger partial charge in [0, 0.05) is 30.4 Å². The first kappa shape index (κ1) is 19.0.